The molecule has 32 heavy (non-hydrogen) atoms. The van der Waals surface area contributed by atoms with Gasteiger partial charge in [0.2, 0.25) is 0 Å². The molecule has 3 fully saturated rings. The quantitative estimate of drug-likeness (QED) is 0.531. The van der Waals surface area contributed by atoms with Crippen LogP contribution in [0.1, 0.15) is 30.6 Å². The number of cyclic esters (lactones) is 1. The van der Waals surface area contributed by atoms with Crippen LogP contribution in [0.3, 0.4) is 0 Å². The molecule has 2 aromatic rings. The van der Waals surface area contributed by atoms with Crippen molar-refractivity contribution in [2.24, 2.45) is 0 Å². The van der Waals surface area contributed by atoms with Gasteiger partial charge >= 0.3 is 6.09 Å². The molecule has 4 aliphatic heterocycles. The number of hydrogen-bond acceptors (Lipinski definition) is 6. The van der Waals surface area contributed by atoms with Crippen molar-refractivity contribution in [1.29, 1.82) is 0 Å². The average Bonchev–Trinajstić information content (AvgIpc) is 2.70. The Morgan fingerprint density at radius 1 is 1.22 bits per heavy atom. The van der Waals surface area contributed by atoms with Gasteiger partial charge in [-0.2, -0.15) is 8.78 Å². The monoisotopic (exact) mass is 470 g/mol. The van der Waals surface area contributed by atoms with Gasteiger partial charge in [0.05, 0.1) is 23.5 Å². The second kappa shape index (κ2) is 7.25. The van der Waals surface area contributed by atoms with Crippen LogP contribution in [0.15, 0.2) is 24.4 Å². The largest absolute Gasteiger partial charge is 0.434 e. The summed E-state index contributed by atoms with van der Waals surface area (Å²) >= 11 is 0. The number of piperidine rings is 1. The Hall–Kier alpha value is -2.52. The van der Waals surface area contributed by atoms with E-state index in [0.29, 0.717) is 18.9 Å². The van der Waals surface area contributed by atoms with E-state index in [1.807, 2.05) is 4.90 Å². The molecule has 2 aromatic heterocycles. The van der Waals surface area contributed by atoms with Crippen LogP contribution in [0.25, 0.3) is 11.3 Å². The lowest BCUT2D eigenvalue weighted by molar-refractivity contribution is -0.133. The molecule has 0 aliphatic carbocycles. The fourth-order valence-electron chi connectivity index (χ4n) is 4.24. The molecule has 0 saturated carbocycles. The lowest BCUT2D eigenvalue weighted by atomic mass is 9.96. The summed E-state index contributed by atoms with van der Waals surface area (Å²) < 4.78 is 67.8. The third kappa shape index (κ3) is 3.77. The Bertz CT molecular complexity index is 1080. The van der Waals surface area contributed by atoms with Crippen LogP contribution < -0.4 is 10.2 Å². The van der Waals surface area contributed by atoms with Crippen LogP contribution in [0.5, 0.6) is 0 Å². The van der Waals surface area contributed by atoms with Crippen molar-refractivity contribution in [1.82, 2.24) is 9.97 Å². The summed E-state index contributed by atoms with van der Waals surface area (Å²) in [5, 5.41) is 2.29. The fourth-order valence-corrected chi connectivity index (χ4v) is 4.47. The molecule has 6 heterocycles. The number of ether oxygens (including phenoxy) is 2. The van der Waals surface area contributed by atoms with Crippen LogP contribution in [-0.4, -0.2) is 47.0 Å². The maximum absolute atomic E-state index is 14.4. The number of halogens is 4. The van der Waals surface area contributed by atoms with Crippen LogP contribution in [0.2, 0.25) is 0 Å². The van der Waals surface area contributed by atoms with Crippen LogP contribution in [-0.2, 0) is 15.4 Å². The van der Waals surface area contributed by atoms with Gasteiger partial charge in [-0.3, -0.25) is 5.32 Å². The van der Waals surface area contributed by atoms with Crippen molar-refractivity contribution >= 4 is 27.0 Å². The lowest BCUT2D eigenvalue weighted by Gasteiger charge is -2.47. The number of carbonyl (C=O) groups is 1. The fraction of sp³-hybridized carbons (Fsp3) is 0.450. The van der Waals surface area contributed by atoms with Crippen LogP contribution in [0, 0.1) is 0 Å². The van der Waals surface area contributed by atoms with Crippen molar-refractivity contribution in [3.05, 3.63) is 35.5 Å². The first-order valence-electron chi connectivity index (χ1n) is 9.93. The molecule has 3 saturated heterocycles. The summed E-state index contributed by atoms with van der Waals surface area (Å²) in [5.41, 5.74) is -3.79. The molecule has 1 N–H and O–H groups in total. The van der Waals surface area contributed by atoms with Gasteiger partial charge in [0.1, 0.15) is 11.6 Å². The highest BCUT2D eigenvalue weighted by molar-refractivity contribution is 7.18. The molecule has 6 rings (SSSR count). The lowest BCUT2D eigenvalue weighted by Crippen LogP contribution is -2.57. The predicted molar refractivity (Wildman–Crippen MR) is 110 cm³/mol. The summed E-state index contributed by atoms with van der Waals surface area (Å²) in [6, 6.07) is 3.86. The second-order valence-corrected chi connectivity index (χ2v) is 8.98. The Morgan fingerprint density at radius 2 is 1.91 bits per heavy atom. The Morgan fingerprint density at radius 3 is 2.53 bits per heavy atom. The smallest absolute Gasteiger partial charge is 0.413 e. The first kappa shape index (κ1) is 21.3. The predicted octanol–water partition coefficient (Wildman–Crippen LogP) is 4.30. The maximum atomic E-state index is 14.4. The van der Waals surface area contributed by atoms with Crippen molar-refractivity contribution in [3.63, 3.8) is 0 Å². The molecule has 0 radical (unpaired) electrons. The topological polar surface area (TPSA) is 76.6 Å². The van der Waals surface area contributed by atoms with Gasteiger partial charge in [-0.25, -0.2) is 23.5 Å². The number of amides is 1. The third-order valence-electron chi connectivity index (χ3n) is 5.72. The Balaban J connectivity index is 1.66. The summed E-state index contributed by atoms with van der Waals surface area (Å²) in [7, 11) is 1.34. The van der Waals surface area contributed by atoms with Crippen molar-refractivity contribution in [3.8, 4) is 11.3 Å². The number of alkyl halides is 4. The zero-order valence-corrected chi connectivity index (χ0v) is 18.0. The Labute approximate surface area is 182 Å². The summed E-state index contributed by atoms with van der Waals surface area (Å²) in [6.07, 6.45) is -0.826. The summed E-state index contributed by atoms with van der Waals surface area (Å²) in [4.78, 5) is 22.1. The zero-order valence-electron chi connectivity index (χ0n) is 16.8. The van der Waals surface area contributed by atoms with E-state index in [0.717, 1.165) is 19.4 Å². The van der Waals surface area contributed by atoms with E-state index in [1.165, 1.54) is 27.6 Å². The highest BCUT2D eigenvalue weighted by Gasteiger charge is 2.45. The number of nitrogens with zero attached hydrogens (tertiary/aromatic N) is 3. The van der Waals surface area contributed by atoms with E-state index in [2.05, 4.69) is 15.3 Å². The number of rotatable bonds is 4. The number of carbonyl (C=O) groups excluding carboxylic acids is 1. The normalized spacial score (nSPS) is 24.9. The molecular weight excluding hydrogens is 451 g/mol. The minimum absolute atomic E-state index is 0.0160. The van der Waals surface area contributed by atoms with E-state index in [1.54, 1.807) is 0 Å². The maximum Gasteiger partial charge on any atom is 0.413 e. The minimum Gasteiger partial charge on any atom is -0.434 e. The zero-order chi connectivity index (χ0) is 22.8. The standard InChI is InChI=1S/C20H19F4N4O3P/c1-19(21,22)9-4-13(26-14(5-9)28-7-10-6-11(8-28)30-10)12-2-3-25-17-15(12)16(20(23,24)32)31-18(29)27-17/h2-5,10-11,16H,6-8,32H2,1H3,(H,25,27,29)/t10?,11?,16-/m1/s1. The van der Waals surface area contributed by atoms with Crippen LogP contribution in [0.4, 0.5) is 34.0 Å². The van der Waals surface area contributed by atoms with Crippen LogP contribution >= 0.6 is 9.24 Å². The Kier molecular flexibility index (Phi) is 4.83. The van der Waals surface area contributed by atoms with Gasteiger partial charge in [-0.1, -0.05) is 9.24 Å². The van der Waals surface area contributed by atoms with Gasteiger partial charge in [-0.05, 0) is 18.2 Å². The van der Waals surface area contributed by atoms with E-state index in [-0.39, 0.29) is 40.4 Å². The minimum atomic E-state index is -3.52. The van der Waals surface area contributed by atoms with Crippen molar-refractivity contribution in [2.45, 2.75) is 43.2 Å². The number of morpholine rings is 1. The molecule has 0 spiro atoms. The van der Waals surface area contributed by atoms with Gasteiger partial charge < -0.3 is 14.4 Å². The number of pyridine rings is 2. The molecule has 4 atom stereocenters. The van der Waals surface area contributed by atoms with E-state index >= 15 is 0 Å². The molecule has 170 valence electrons. The first-order chi connectivity index (χ1) is 15.0. The van der Waals surface area contributed by atoms with E-state index < -0.39 is 23.8 Å². The molecule has 7 nitrogen and oxygen atoms in total. The highest BCUT2D eigenvalue weighted by Crippen LogP contribution is 2.48. The number of fused-ring (bicyclic) bond motifs is 3. The van der Waals surface area contributed by atoms with E-state index in [4.69, 9.17) is 9.47 Å². The van der Waals surface area contributed by atoms with Gasteiger partial charge in [-0.15, -0.1) is 0 Å². The van der Waals surface area contributed by atoms with Crippen molar-refractivity contribution in [2.75, 3.05) is 23.3 Å². The second-order valence-electron chi connectivity index (χ2n) is 8.21. The van der Waals surface area contributed by atoms with E-state index in [9.17, 15) is 22.4 Å². The number of aromatic nitrogens is 2. The van der Waals surface area contributed by atoms with Gasteiger partial charge in [0, 0.05) is 43.8 Å². The average molecular weight is 470 g/mol. The summed E-state index contributed by atoms with van der Waals surface area (Å²) in [5.74, 6) is -3.02. The molecule has 0 aromatic carbocycles. The number of anilines is 2. The molecular formula is C20H19F4N4O3P. The summed E-state index contributed by atoms with van der Waals surface area (Å²) in [6.45, 7) is 1.76. The molecule has 2 bridgehead atoms. The highest BCUT2D eigenvalue weighted by atomic mass is 31.0. The molecule has 4 aliphatic rings. The van der Waals surface area contributed by atoms with Gasteiger partial charge in [0.25, 0.3) is 11.6 Å². The number of hydrogen-bond donors (Lipinski definition) is 1. The van der Waals surface area contributed by atoms with Crippen molar-refractivity contribution < 1.29 is 31.8 Å². The first-order valence-corrected chi connectivity index (χ1v) is 10.5. The molecule has 3 unspecified atom stereocenters. The number of nitrogens with one attached hydrogen (secondary N) is 1. The molecule has 12 heteroatoms. The third-order valence-corrected chi connectivity index (χ3v) is 6.03. The molecule has 1 amide bonds. The van der Waals surface area contributed by atoms with Gasteiger partial charge in [0.15, 0.2) is 6.10 Å². The SMILES string of the molecule is CC(F)(F)c1cc(-c2ccnc3c2[C@H](C(F)(F)P)OC(=O)N3)nc(N2CC3CC(C2)O3)c1.